The first kappa shape index (κ1) is 21.1. The van der Waals surface area contributed by atoms with Crippen molar-refractivity contribution >= 4 is 45.7 Å². The van der Waals surface area contributed by atoms with Gasteiger partial charge in [-0.3, -0.25) is 9.59 Å². The third-order valence-electron chi connectivity index (χ3n) is 4.77. The van der Waals surface area contributed by atoms with Crippen molar-refractivity contribution in [1.82, 2.24) is 9.88 Å². The molecule has 2 aromatic carbocycles. The Morgan fingerprint density at radius 1 is 1.13 bits per heavy atom. The van der Waals surface area contributed by atoms with Gasteiger partial charge < -0.3 is 15.0 Å². The van der Waals surface area contributed by atoms with Crippen molar-refractivity contribution in [3.8, 4) is 17.0 Å². The highest BCUT2D eigenvalue weighted by molar-refractivity contribution is 8.03. The van der Waals surface area contributed by atoms with Crippen LogP contribution in [0.15, 0.2) is 60.0 Å². The summed E-state index contributed by atoms with van der Waals surface area (Å²) in [5.41, 5.74) is 3.42. The second kappa shape index (κ2) is 9.36. The van der Waals surface area contributed by atoms with Crippen LogP contribution in [0.3, 0.4) is 0 Å². The topological polar surface area (TPSA) is 71.5 Å². The van der Waals surface area contributed by atoms with E-state index in [4.69, 9.17) is 4.74 Å². The number of carbonyl (C=O) groups excluding carboxylic acids is 2. The van der Waals surface area contributed by atoms with Gasteiger partial charge in [0.1, 0.15) is 12.3 Å². The fraction of sp³-hybridized carbons (Fsp3) is 0.174. The van der Waals surface area contributed by atoms with Gasteiger partial charge in [0.25, 0.3) is 0 Å². The Balaban J connectivity index is 1.48. The van der Waals surface area contributed by atoms with E-state index in [0.717, 1.165) is 33.1 Å². The van der Waals surface area contributed by atoms with Crippen LogP contribution < -0.4 is 10.1 Å². The standard InChI is InChI=1S/C23H21N3O3S2/c1-15-22(17-8-10-18(29-2)11-9-17)25-23(31-15)24-20(27)12-26-19(13-30-14-21(26)28)16-6-4-3-5-7-16/h3-11,13H,12,14H2,1-2H3,(H,24,25,27). The minimum atomic E-state index is -0.280. The van der Waals surface area contributed by atoms with Crippen LogP contribution in [0.5, 0.6) is 5.75 Å². The van der Waals surface area contributed by atoms with Crippen molar-refractivity contribution in [3.05, 3.63) is 70.4 Å². The van der Waals surface area contributed by atoms with Gasteiger partial charge in [0, 0.05) is 10.4 Å². The zero-order valence-corrected chi connectivity index (χ0v) is 18.8. The number of benzene rings is 2. The maximum atomic E-state index is 12.8. The Hall–Kier alpha value is -3.10. The Bertz CT molecular complexity index is 1120. The molecule has 2 amide bonds. The van der Waals surface area contributed by atoms with Crippen molar-refractivity contribution in [3.63, 3.8) is 0 Å². The molecule has 0 bridgehead atoms. The fourth-order valence-corrected chi connectivity index (χ4v) is 4.90. The molecule has 0 fully saturated rings. The molecule has 0 spiro atoms. The quantitative estimate of drug-likeness (QED) is 0.591. The summed E-state index contributed by atoms with van der Waals surface area (Å²) in [5, 5.41) is 5.29. The first-order chi connectivity index (χ1) is 15.0. The third kappa shape index (κ3) is 4.81. The number of hydrogen-bond acceptors (Lipinski definition) is 6. The van der Waals surface area contributed by atoms with E-state index < -0.39 is 0 Å². The molecule has 31 heavy (non-hydrogen) atoms. The van der Waals surface area contributed by atoms with Gasteiger partial charge in [0.15, 0.2) is 5.13 Å². The van der Waals surface area contributed by atoms with Gasteiger partial charge in [0.2, 0.25) is 11.8 Å². The summed E-state index contributed by atoms with van der Waals surface area (Å²) in [6.45, 7) is 1.91. The number of methoxy groups -OCH3 is 1. The molecule has 4 rings (SSSR count). The molecular formula is C23H21N3O3S2. The minimum absolute atomic E-state index is 0.0589. The van der Waals surface area contributed by atoms with Crippen molar-refractivity contribution in [2.45, 2.75) is 6.92 Å². The molecule has 1 N–H and O–H groups in total. The lowest BCUT2D eigenvalue weighted by atomic mass is 10.1. The van der Waals surface area contributed by atoms with Crippen molar-refractivity contribution in [2.75, 3.05) is 24.7 Å². The molecule has 1 aliphatic rings. The monoisotopic (exact) mass is 451 g/mol. The molecule has 1 aliphatic heterocycles. The highest BCUT2D eigenvalue weighted by atomic mass is 32.2. The molecule has 2 heterocycles. The number of anilines is 1. The Kier molecular flexibility index (Phi) is 6.39. The summed E-state index contributed by atoms with van der Waals surface area (Å²) in [5.74, 6) is 0.728. The lowest BCUT2D eigenvalue weighted by molar-refractivity contribution is -0.129. The first-order valence-electron chi connectivity index (χ1n) is 9.64. The zero-order valence-electron chi connectivity index (χ0n) is 17.1. The van der Waals surface area contributed by atoms with E-state index in [1.807, 2.05) is 66.9 Å². The number of rotatable bonds is 6. The van der Waals surface area contributed by atoms with Crippen LogP contribution in [0.4, 0.5) is 5.13 Å². The molecule has 0 radical (unpaired) electrons. The van der Waals surface area contributed by atoms with Crippen LogP contribution in [-0.4, -0.2) is 41.1 Å². The molecule has 0 saturated carbocycles. The number of aryl methyl sites for hydroxylation is 1. The van der Waals surface area contributed by atoms with Crippen molar-refractivity contribution in [2.24, 2.45) is 0 Å². The largest absolute Gasteiger partial charge is 0.497 e. The number of thiazole rings is 1. The van der Waals surface area contributed by atoms with E-state index in [-0.39, 0.29) is 18.4 Å². The predicted molar refractivity (Wildman–Crippen MR) is 126 cm³/mol. The van der Waals surface area contributed by atoms with E-state index in [2.05, 4.69) is 10.3 Å². The van der Waals surface area contributed by atoms with Crippen LogP contribution >= 0.6 is 23.1 Å². The van der Waals surface area contributed by atoms with Gasteiger partial charge in [-0.25, -0.2) is 4.98 Å². The molecular weight excluding hydrogens is 430 g/mol. The number of hydrogen-bond donors (Lipinski definition) is 1. The van der Waals surface area contributed by atoms with Crippen molar-refractivity contribution < 1.29 is 14.3 Å². The maximum Gasteiger partial charge on any atom is 0.246 e. The smallest absolute Gasteiger partial charge is 0.246 e. The van der Waals surface area contributed by atoms with Gasteiger partial charge in [-0.15, -0.1) is 23.1 Å². The number of aromatic nitrogens is 1. The van der Waals surface area contributed by atoms with E-state index in [1.54, 1.807) is 7.11 Å². The maximum absolute atomic E-state index is 12.8. The number of carbonyl (C=O) groups is 2. The normalized spacial score (nSPS) is 13.7. The van der Waals surface area contributed by atoms with E-state index >= 15 is 0 Å². The molecule has 8 heteroatoms. The van der Waals surface area contributed by atoms with Gasteiger partial charge in [-0.1, -0.05) is 30.3 Å². The molecule has 0 saturated heterocycles. The van der Waals surface area contributed by atoms with E-state index in [1.165, 1.54) is 28.0 Å². The number of ether oxygens (including phenoxy) is 1. The highest BCUT2D eigenvalue weighted by Crippen LogP contribution is 2.32. The summed E-state index contributed by atoms with van der Waals surface area (Å²) in [4.78, 5) is 32.4. The van der Waals surface area contributed by atoms with Crippen LogP contribution in [0.2, 0.25) is 0 Å². The minimum Gasteiger partial charge on any atom is -0.497 e. The van der Waals surface area contributed by atoms with E-state index in [0.29, 0.717) is 10.9 Å². The first-order valence-corrected chi connectivity index (χ1v) is 11.5. The van der Waals surface area contributed by atoms with Crippen LogP contribution in [0.25, 0.3) is 17.0 Å². The molecule has 3 aromatic rings. The van der Waals surface area contributed by atoms with E-state index in [9.17, 15) is 9.59 Å². The molecule has 0 atom stereocenters. The van der Waals surface area contributed by atoms with Crippen molar-refractivity contribution in [1.29, 1.82) is 0 Å². The lowest BCUT2D eigenvalue weighted by Gasteiger charge is -2.28. The van der Waals surface area contributed by atoms with Crippen LogP contribution in [0.1, 0.15) is 10.4 Å². The summed E-state index contributed by atoms with van der Waals surface area (Å²) in [6.07, 6.45) is 0. The Morgan fingerprint density at radius 3 is 2.58 bits per heavy atom. The predicted octanol–water partition coefficient (Wildman–Crippen LogP) is 4.64. The number of nitrogens with one attached hydrogen (secondary N) is 1. The summed E-state index contributed by atoms with van der Waals surface area (Å²) >= 11 is 2.85. The second-order valence-electron chi connectivity index (χ2n) is 6.86. The SMILES string of the molecule is COc1ccc(-c2nc(NC(=O)CN3C(=O)CSC=C3c3ccccc3)sc2C)cc1. The van der Waals surface area contributed by atoms with Gasteiger partial charge in [-0.2, -0.15) is 0 Å². The van der Waals surface area contributed by atoms with Crippen LogP contribution in [0, 0.1) is 6.92 Å². The number of amides is 2. The summed E-state index contributed by atoms with van der Waals surface area (Å²) < 4.78 is 5.20. The average Bonchev–Trinajstić information content (AvgIpc) is 3.15. The second-order valence-corrected chi connectivity index (χ2v) is 8.92. The Morgan fingerprint density at radius 2 is 1.87 bits per heavy atom. The number of thioether (sulfide) groups is 1. The Labute approximate surface area is 188 Å². The molecule has 0 unspecified atom stereocenters. The summed E-state index contributed by atoms with van der Waals surface area (Å²) in [6, 6.07) is 17.2. The average molecular weight is 452 g/mol. The fourth-order valence-electron chi connectivity index (χ4n) is 3.24. The highest BCUT2D eigenvalue weighted by Gasteiger charge is 2.26. The third-order valence-corrected chi connectivity index (χ3v) is 6.46. The molecule has 0 aliphatic carbocycles. The zero-order chi connectivity index (χ0) is 21.8. The van der Waals surface area contributed by atoms with Gasteiger partial charge >= 0.3 is 0 Å². The molecule has 158 valence electrons. The van der Waals surface area contributed by atoms with Crippen LogP contribution in [-0.2, 0) is 9.59 Å². The summed E-state index contributed by atoms with van der Waals surface area (Å²) in [7, 11) is 1.63. The molecule has 1 aromatic heterocycles. The van der Waals surface area contributed by atoms with Gasteiger partial charge in [0.05, 0.1) is 24.3 Å². The lowest BCUT2D eigenvalue weighted by Crippen LogP contribution is -2.39. The number of nitrogens with zero attached hydrogens (tertiary/aromatic N) is 2. The molecule has 6 nitrogen and oxygen atoms in total. The van der Waals surface area contributed by atoms with Gasteiger partial charge in [-0.05, 0) is 42.2 Å².